The maximum Gasteiger partial charge on any atom is 0.152 e. The Labute approximate surface area is 242 Å². The fourth-order valence-electron chi connectivity index (χ4n) is 5.35. The second-order valence-electron chi connectivity index (χ2n) is 10.1. The molecular formula is C31H35F2N5O2S. The Kier molecular flexibility index (Phi) is 8.79. The zero-order chi connectivity index (χ0) is 29.1. The van der Waals surface area contributed by atoms with Crippen molar-refractivity contribution in [2.75, 3.05) is 60.8 Å². The average Bonchev–Trinajstić information content (AvgIpc) is 2.97. The van der Waals surface area contributed by atoms with Crippen molar-refractivity contribution in [3.05, 3.63) is 65.9 Å². The van der Waals surface area contributed by atoms with Gasteiger partial charge in [-0.3, -0.25) is 4.21 Å². The van der Waals surface area contributed by atoms with Gasteiger partial charge < -0.3 is 19.9 Å². The number of anilines is 4. The van der Waals surface area contributed by atoms with Gasteiger partial charge in [-0.15, -0.1) is 0 Å². The zero-order valence-electron chi connectivity index (χ0n) is 23.8. The summed E-state index contributed by atoms with van der Waals surface area (Å²) < 4.78 is 48.2. The molecule has 1 atom stereocenters. The van der Waals surface area contributed by atoms with Gasteiger partial charge in [-0.1, -0.05) is 25.1 Å². The number of halogens is 2. The molecule has 1 N–H and O–H groups in total. The van der Waals surface area contributed by atoms with Crippen LogP contribution in [-0.2, 0) is 15.5 Å². The maximum absolute atomic E-state index is 15.5. The van der Waals surface area contributed by atoms with E-state index in [4.69, 9.17) is 14.7 Å². The molecule has 41 heavy (non-hydrogen) atoms. The number of nitrogens with one attached hydrogen (secondary N) is 1. The molecule has 1 saturated heterocycles. The third-order valence-corrected chi connectivity index (χ3v) is 8.34. The first-order valence-corrected chi connectivity index (χ1v) is 15.4. The molecule has 0 bridgehead atoms. The van der Waals surface area contributed by atoms with Gasteiger partial charge in [-0.25, -0.2) is 18.7 Å². The Morgan fingerprint density at radius 1 is 1.12 bits per heavy atom. The summed E-state index contributed by atoms with van der Waals surface area (Å²) in [6.07, 6.45) is 4.46. The van der Waals surface area contributed by atoms with Gasteiger partial charge >= 0.3 is 0 Å². The summed E-state index contributed by atoms with van der Waals surface area (Å²) in [6, 6.07) is 11.4. The summed E-state index contributed by atoms with van der Waals surface area (Å²) in [6.45, 7) is 10.3. The summed E-state index contributed by atoms with van der Waals surface area (Å²) in [5, 5.41) is 3.69. The smallest absolute Gasteiger partial charge is 0.152 e. The van der Waals surface area contributed by atoms with Crippen LogP contribution < -0.4 is 15.1 Å². The lowest BCUT2D eigenvalue weighted by molar-refractivity contribution is 0.122. The number of aromatic nitrogens is 2. The highest BCUT2D eigenvalue weighted by Crippen LogP contribution is 2.40. The van der Waals surface area contributed by atoms with Gasteiger partial charge in [-0.05, 0) is 38.0 Å². The van der Waals surface area contributed by atoms with Crippen molar-refractivity contribution in [3.8, 4) is 11.3 Å². The summed E-state index contributed by atoms with van der Waals surface area (Å²) in [4.78, 5) is 14.6. The summed E-state index contributed by atoms with van der Waals surface area (Å²) in [5.74, 6) is -0.699. The lowest BCUT2D eigenvalue weighted by Crippen LogP contribution is -2.37. The quantitative estimate of drug-likeness (QED) is 0.245. The summed E-state index contributed by atoms with van der Waals surface area (Å²) in [7, 11) is -1.30. The van der Waals surface area contributed by atoms with Crippen molar-refractivity contribution in [3.63, 3.8) is 0 Å². The maximum atomic E-state index is 15.5. The first kappa shape index (κ1) is 28.9. The van der Waals surface area contributed by atoms with Crippen LogP contribution in [0.15, 0.2) is 53.6 Å². The van der Waals surface area contributed by atoms with Gasteiger partial charge in [0.2, 0.25) is 0 Å². The van der Waals surface area contributed by atoms with Gasteiger partial charge in [0.25, 0.3) is 0 Å². The van der Waals surface area contributed by atoms with Gasteiger partial charge in [-0.2, -0.15) is 0 Å². The van der Waals surface area contributed by atoms with Crippen LogP contribution >= 0.6 is 0 Å². The van der Waals surface area contributed by atoms with E-state index in [1.807, 2.05) is 37.4 Å². The highest BCUT2D eigenvalue weighted by molar-refractivity contribution is 7.84. The first-order chi connectivity index (χ1) is 19.8. The summed E-state index contributed by atoms with van der Waals surface area (Å²) in [5.41, 5.74) is 4.10. The molecule has 2 aromatic heterocycles. The van der Waals surface area contributed by atoms with E-state index >= 15 is 4.39 Å². The predicted molar refractivity (Wildman–Crippen MR) is 163 cm³/mol. The third-order valence-electron chi connectivity index (χ3n) is 7.36. The number of benzene rings is 2. The van der Waals surface area contributed by atoms with Crippen LogP contribution in [0, 0.1) is 18.6 Å². The average molecular weight is 580 g/mol. The van der Waals surface area contributed by atoms with Crippen molar-refractivity contribution in [1.82, 2.24) is 9.97 Å². The van der Waals surface area contributed by atoms with E-state index in [9.17, 15) is 8.60 Å². The van der Waals surface area contributed by atoms with Crippen molar-refractivity contribution in [1.29, 1.82) is 0 Å². The van der Waals surface area contributed by atoms with Crippen molar-refractivity contribution in [2.24, 2.45) is 0 Å². The summed E-state index contributed by atoms with van der Waals surface area (Å²) >= 11 is 0. The normalized spacial score (nSPS) is 14.3. The topological polar surface area (TPSA) is 70.6 Å². The number of ether oxygens (including phenoxy) is 1. The molecule has 0 spiro atoms. The standard InChI is InChI=1S/C31H35F2N5O2S/c1-5-11-37(6-2)22-18-26(31(34-19-22)38-12-14-40-15-13-38)36-30-20(3)29(23-9-7-8-10-27(23)41(4)39)35-25-17-21(32)16-24(33)28(25)30/h7-10,16-19H,5-6,11-15H2,1-4H3,(H,35,36). The van der Waals surface area contributed by atoms with E-state index in [2.05, 4.69) is 29.0 Å². The monoisotopic (exact) mass is 579 g/mol. The van der Waals surface area contributed by atoms with Gasteiger partial charge in [0, 0.05) is 55.0 Å². The molecule has 0 saturated carbocycles. The number of rotatable bonds is 9. The molecule has 1 unspecified atom stereocenters. The van der Waals surface area contributed by atoms with E-state index in [0.717, 1.165) is 37.1 Å². The van der Waals surface area contributed by atoms with Gasteiger partial charge in [0.15, 0.2) is 5.82 Å². The fourth-order valence-corrected chi connectivity index (χ4v) is 6.09. The molecule has 4 aromatic rings. The number of pyridine rings is 2. The van der Waals surface area contributed by atoms with E-state index in [1.54, 1.807) is 12.3 Å². The van der Waals surface area contributed by atoms with Crippen LogP contribution in [0.4, 0.5) is 31.7 Å². The highest BCUT2D eigenvalue weighted by atomic mass is 32.2. The molecule has 0 amide bonds. The van der Waals surface area contributed by atoms with Crippen molar-refractivity contribution in [2.45, 2.75) is 32.1 Å². The number of fused-ring (bicyclic) bond motifs is 1. The molecule has 0 radical (unpaired) electrons. The van der Waals surface area contributed by atoms with Crippen LogP contribution in [0.25, 0.3) is 22.2 Å². The van der Waals surface area contributed by atoms with Crippen LogP contribution in [0.3, 0.4) is 0 Å². The fraction of sp³-hybridized carbons (Fsp3) is 0.355. The molecule has 5 rings (SSSR count). The van der Waals surface area contributed by atoms with Crippen LogP contribution in [0.2, 0.25) is 0 Å². The minimum atomic E-state index is -1.30. The molecule has 1 fully saturated rings. The largest absolute Gasteiger partial charge is 0.378 e. The number of hydrogen-bond acceptors (Lipinski definition) is 7. The molecule has 216 valence electrons. The minimum Gasteiger partial charge on any atom is -0.378 e. The number of nitrogens with zero attached hydrogens (tertiary/aromatic N) is 4. The molecule has 0 aliphatic carbocycles. The van der Waals surface area contributed by atoms with E-state index in [1.165, 1.54) is 6.07 Å². The lowest BCUT2D eigenvalue weighted by atomic mass is 10.0. The Morgan fingerprint density at radius 2 is 1.88 bits per heavy atom. The lowest BCUT2D eigenvalue weighted by Gasteiger charge is -2.31. The first-order valence-electron chi connectivity index (χ1n) is 13.9. The van der Waals surface area contributed by atoms with Crippen molar-refractivity contribution >= 4 is 44.6 Å². The van der Waals surface area contributed by atoms with Crippen LogP contribution in [-0.4, -0.2) is 59.8 Å². The van der Waals surface area contributed by atoms with E-state index in [-0.39, 0.29) is 10.9 Å². The molecule has 3 heterocycles. The number of hydrogen-bond donors (Lipinski definition) is 1. The molecule has 7 nitrogen and oxygen atoms in total. The van der Waals surface area contributed by atoms with Gasteiger partial charge in [0.05, 0.1) is 63.9 Å². The minimum absolute atomic E-state index is 0.167. The Morgan fingerprint density at radius 3 is 2.59 bits per heavy atom. The Hall–Kier alpha value is -3.63. The SMILES string of the molecule is CCCN(CC)c1cnc(N2CCOCC2)c(Nc2c(C)c(-c3ccccc3S(C)=O)nc3cc(F)cc(F)c23)c1. The van der Waals surface area contributed by atoms with E-state index in [0.29, 0.717) is 59.4 Å². The molecular weight excluding hydrogens is 544 g/mol. The Balaban J connectivity index is 1.75. The van der Waals surface area contributed by atoms with Crippen molar-refractivity contribution < 1.29 is 17.7 Å². The molecule has 2 aromatic carbocycles. The van der Waals surface area contributed by atoms with Gasteiger partial charge in [0.1, 0.15) is 11.6 Å². The van der Waals surface area contributed by atoms with Crippen LogP contribution in [0.5, 0.6) is 0 Å². The highest BCUT2D eigenvalue weighted by Gasteiger charge is 2.23. The number of morpholine rings is 1. The second-order valence-corrected chi connectivity index (χ2v) is 11.4. The molecule has 10 heteroatoms. The second kappa shape index (κ2) is 12.5. The van der Waals surface area contributed by atoms with Crippen LogP contribution in [0.1, 0.15) is 25.8 Å². The predicted octanol–water partition coefficient (Wildman–Crippen LogP) is 6.44. The molecule has 1 aliphatic heterocycles. The third kappa shape index (κ3) is 5.90. The molecule has 1 aliphatic rings. The van der Waals surface area contributed by atoms with E-state index < -0.39 is 22.4 Å². The Bertz CT molecular complexity index is 1590. The zero-order valence-corrected chi connectivity index (χ0v) is 24.7.